The number of furan rings is 1. The first-order valence-electron chi connectivity index (χ1n) is 6.79. The number of carbonyl (C=O) groups excluding carboxylic acids is 1. The lowest BCUT2D eigenvalue weighted by Gasteiger charge is -2.33. The van der Waals surface area contributed by atoms with E-state index in [2.05, 4.69) is 5.32 Å². The van der Waals surface area contributed by atoms with Gasteiger partial charge in [0.1, 0.15) is 0 Å². The Balaban J connectivity index is 2.03. The maximum Gasteiger partial charge on any atom is 0.290 e. The number of fused-ring (bicyclic) bond motifs is 1. The van der Waals surface area contributed by atoms with Crippen molar-refractivity contribution in [2.24, 2.45) is 0 Å². The quantitative estimate of drug-likeness (QED) is 0.879. The molecule has 1 saturated heterocycles. The second kappa shape index (κ2) is 5.11. The van der Waals surface area contributed by atoms with Crippen LogP contribution in [-0.2, 0) is 0 Å². The standard InChI is InChI=1S/C15H17ClN2O2/c1-9-8-17-6-7-18(9)15(19)13-10(2)11-4-3-5-12(16)14(11)20-13/h3-5,9,17H,6-8H2,1-2H3/t9-/m0/s1. The van der Waals surface area contributed by atoms with Crippen LogP contribution < -0.4 is 5.32 Å². The Hall–Kier alpha value is -1.52. The van der Waals surface area contributed by atoms with E-state index in [1.165, 1.54) is 0 Å². The SMILES string of the molecule is Cc1c(C(=O)N2CCNC[C@@H]2C)oc2c(Cl)cccc12. The average Bonchev–Trinajstić information content (AvgIpc) is 2.78. The molecule has 0 aliphatic carbocycles. The van der Waals surface area contributed by atoms with E-state index < -0.39 is 0 Å². The Morgan fingerprint density at radius 1 is 1.50 bits per heavy atom. The predicted octanol–water partition coefficient (Wildman–Crippen LogP) is 2.83. The fourth-order valence-electron chi connectivity index (χ4n) is 2.69. The van der Waals surface area contributed by atoms with E-state index >= 15 is 0 Å². The number of piperazine rings is 1. The molecule has 0 radical (unpaired) electrons. The Kier molecular flexibility index (Phi) is 3.44. The summed E-state index contributed by atoms with van der Waals surface area (Å²) in [6.07, 6.45) is 0. The van der Waals surface area contributed by atoms with Gasteiger partial charge in [-0.1, -0.05) is 23.7 Å². The molecule has 20 heavy (non-hydrogen) atoms. The number of hydrogen-bond donors (Lipinski definition) is 1. The number of halogens is 1. The van der Waals surface area contributed by atoms with E-state index in [0.29, 0.717) is 22.9 Å². The molecule has 1 N–H and O–H groups in total. The number of para-hydroxylation sites is 1. The smallest absolute Gasteiger partial charge is 0.290 e. The van der Waals surface area contributed by atoms with Crippen LogP contribution in [0.4, 0.5) is 0 Å². The van der Waals surface area contributed by atoms with E-state index in [4.69, 9.17) is 16.0 Å². The minimum absolute atomic E-state index is 0.0521. The van der Waals surface area contributed by atoms with Gasteiger partial charge in [0, 0.05) is 36.6 Å². The normalized spacial score (nSPS) is 19.6. The molecule has 1 atom stereocenters. The molecule has 0 bridgehead atoms. The van der Waals surface area contributed by atoms with Crippen LogP contribution in [0.3, 0.4) is 0 Å². The first-order chi connectivity index (χ1) is 9.59. The molecule has 106 valence electrons. The molecule has 1 aromatic heterocycles. The second-order valence-corrected chi connectivity index (χ2v) is 5.63. The van der Waals surface area contributed by atoms with Crippen molar-refractivity contribution in [1.29, 1.82) is 0 Å². The number of carbonyl (C=O) groups is 1. The molecule has 5 heteroatoms. The topological polar surface area (TPSA) is 45.5 Å². The van der Waals surface area contributed by atoms with E-state index in [9.17, 15) is 4.79 Å². The second-order valence-electron chi connectivity index (χ2n) is 5.22. The van der Waals surface area contributed by atoms with Gasteiger partial charge >= 0.3 is 0 Å². The highest BCUT2D eigenvalue weighted by Crippen LogP contribution is 2.31. The zero-order valence-electron chi connectivity index (χ0n) is 11.6. The predicted molar refractivity (Wildman–Crippen MR) is 79.3 cm³/mol. The fraction of sp³-hybridized carbons (Fsp3) is 0.400. The molecule has 4 nitrogen and oxygen atoms in total. The summed E-state index contributed by atoms with van der Waals surface area (Å²) < 4.78 is 5.75. The zero-order chi connectivity index (χ0) is 14.3. The van der Waals surface area contributed by atoms with Crippen molar-refractivity contribution in [1.82, 2.24) is 10.2 Å². The van der Waals surface area contributed by atoms with Gasteiger partial charge in [-0.05, 0) is 19.9 Å². The first-order valence-corrected chi connectivity index (χ1v) is 7.16. The summed E-state index contributed by atoms with van der Waals surface area (Å²) in [5.74, 6) is 0.352. The summed E-state index contributed by atoms with van der Waals surface area (Å²) in [7, 11) is 0. The largest absolute Gasteiger partial charge is 0.449 e. The van der Waals surface area contributed by atoms with Gasteiger partial charge in [-0.3, -0.25) is 4.79 Å². The molecule has 0 saturated carbocycles. The molecule has 2 heterocycles. The highest BCUT2D eigenvalue weighted by atomic mass is 35.5. The monoisotopic (exact) mass is 292 g/mol. The number of nitrogens with one attached hydrogen (secondary N) is 1. The average molecular weight is 293 g/mol. The lowest BCUT2D eigenvalue weighted by Crippen LogP contribution is -2.52. The molecule has 2 aromatic rings. The molecular formula is C15H17ClN2O2. The van der Waals surface area contributed by atoms with Crippen LogP contribution in [-0.4, -0.2) is 36.5 Å². The summed E-state index contributed by atoms with van der Waals surface area (Å²) in [5.41, 5.74) is 1.45. The number of rotatable bonds is 1. The van der Waals surface area contributed by atoms with Crippen LogP contribution >= 0.6 is 11.6 Å². The van der Waals surface area contributed by atoms with Gasteiger partial charge in [0.2, 0.25) is 0 Å². The molecule has 3 rings (SSSR count). The Bertz CT molecular complexity index is 665. The van der Waals surface area contributed by atoms with Crippen LogP contribution in [0.15, 0.2) is 22.6 Å². The third kappa shape index (κ3) is 2.09. The lowest BCUT2D eigenvalue weighted by molar-refractivity contribution is 0.0624. The lowest BCUT2D eigenvalue weighted by atomic mass is 10.1. The minimum Gasteiger partial charge on any atom is -0.449 e. The van der Waals surface area contributed by atoms with Gasteiger partial charge in [-0.2, -0.15) is 0 Å². The molecule has 0 unspecified atom stereocenters. The van der Waals surface area contributed by atoms with Gasteiger partial charge in [0.15, 0.2) is 11.3 Å². The van der Waals surface area contributed by atoms with Crippen molar-refractivity contribution in [2.75, 3.05) is 19.6 Å². The van der Waals surface area contributed by atoms with Crippen LogP contribution in [0.5, 0.6) is 0 Å². The molecular weight excluding hydrogens is 276 g/mol. The van der Waals surface area contributed by atoms with E-state index in [0.717, 1.165) is 24.0 Å². The Morgan fingerprint density at radius 2 is 2.30 bits per heavy atom. The van der Waals surface area contributed by atoms with E-state index in [-0.39, 0.29) is 11.9 Å². The summed E-state index contributed by atoms with van der Waals surface area (Å²) in [5, 5.41) is 4.72. The van der Waals surface area contributed by atoms with Crippen LogP contribution in [0.1, 0.15) is 23.0 Å². The highest BCUT2D eigenvalue weighted by Gasteiger charge is 2.28. The van der Waals surface area contributed by atoms with Gasteiger partial charge in [-0.25, -0.2) is 0 Å². The van der Waals surface area contributed by atoms with E-state index in [1.807, 2.05) is 30.9 Å². The molecule has 1 aliphatic rings. The molecule has 1 amide bonds. The van der Waals surface area contributed by atoms with Crippen molar-refractivity contribution in [3.05, 3.63) is 34.5 Å². The fourth-order valence-corrected chi connectivity index (χ4v) is 2.90. The summed E-state index contributed by atoms with van der Waals surface area (Å²) in [4.78, 5) is 14.5. The van der Waals surface area contributed by atoms with Crippen molar-refractivity contribution < 1.29 is 9.21 Å². The van der Waals surface area contributed by atoms with Crippen LogP contribution in [0, 0.1) is 6.92 Å². The number of nitrogens with zero attached hydrogens (tertiary/aromatic N) is 1. The zero-order valence-corrected chi connectivity index (χ0v) is 12.3. The van der Waals surface area contributed by atoms with Crippen molar-refractivity contribution >= 4 is 28.5 Å². The Labute approximate surface area is 122 Å². The van der Waals surface area contributed by atoms with Gasteiger partial charge in [-0.15, -0.1) is 0 Å². The molecule has 1 aliphatic heterocycles. The summed E-state index contributed by atoms with van der Waals surface area (Å²) in [6.45, 7) is 6.27. The minimum atomic E-state index is -0.0521. The molecule has 0 spiro atoms. The maximum atomic E-state index is 12.7. The molecule has 1 fully saturated rings. The van der Waals surface area contributed by atoms with Crippen molar-refractivity contribution in [3.8, 4) is 0 Å². The van der Waals surface area contributed by atoms with Gasteiger partial charge in [0.05, 0.1) is 5.02 Å². The Morgan fingerprint density at radius 3 is 3.00 bits per heavy atom. The number of benzene rings is 1. The summed E-state index contributed by atoms with van der Waals surface area (Å²) >= 11 is 6.13. The maximum absolute atomic E-state index is 12.7. The number of aryl methyl sites for hydroxylation is 1. The third-order valence-electron chi connectivity index (χ3n) is 3.87. The van der Waals surface area contributed by atoms with Crippen LogP contribution in [0.25, 0.3) is 11.0 Å². The van der Waals surface area contributed by atoms with Gasteiger partial charge < -0.3 is 14.6 Å². The first kappa shape index (κ1) is 13.5. The third-order valence-corrected chi connectivity index (χ3v) is 4.17. The number of amides is 1. The van der Waals surface area contributed by atoms with Gasteiger partial charge in [0.25, 0.3) is 5.91 Å². The number of hydrogen-bond acceptors (Lipinski definition) is 3. The van der Waals surface area contributed by atoms with E-state index in [1.54, 1.807) is 6.07 Å². The van der Waals surface area contributed by atoms with Crippen LogP contribution in [0.2, 0.25) is 5.02 Å². The van der Waals surface area contributed by atoms with Crippen molar-refractivity contribution in [2.45, 2.75) is 19.9 Å². The summed E-state index contributed by atoms with van der Waals surface area (Å²) in [6, 6.07) is 5.74. The molecule has 1 aromatic carbocycles. The highest BCUT2D eigenvalue weighted by molar-refractivity contribution is 6.35. The van der Waals surface area contributed by atoms with Crippen molar-refractivity contribution in [3.63, 3.8) is 0 Å².